The van der Waals surface area contributed by atoms with Gasteiger partial charge < -0.3 is 4.57 Å². The molecule has 5 aromatic rings. The van der Waals surface area contributed by atoms with E-state index in [1.54, 1.807) is 4.68 Å². The second kappa shape index (κ2) is 6.36. The summed E-state index contributed by atoms with van der Waals surface area (Å²) in [4.78, 5) is 0. The molecule has 5 heteroatoms. The number of fused-ring (bicyclic) bond motifs is 3. The van der Waals surface area contributed by atoms with Crippen LogP contribution in [0, 0.1) is 11.3 Å². The first-order chi connectivity index (χ1) is 13.8. The van der Waals surface area contributed by atoms with Crippen LogP contribution in [0.1, 0.15) is 12.6 Å². The lowest BCUT2D eigenvalue weighted by atomic mass is 10.1. The van der Waals surface area contributed by atoms with E-state index in [0.717, 1.165) is 17.8 Å². The van der Waals surface area contributed by atoms with E-state index in [-0.39, 0.29) is 0 Å². The summed E-state index contributed by atoms with van der Waals surface area (Å²) in [6.07, 6.45) is 0. The van der Waals surface area contributed by atoms with Gasteiger partial charge in [0.1, 0.15) is 11.8 Å². The van der Waals surface area contributed by atoms with Crippen molar-refractivity contribution in [2.45, 2.75) is 13.5 Å². The van der Waals surface area contributed by atoms with Gasteiger partial charge in [0.15, 0.2) is 5.69 Å². The first-order valence-electron chi connectivity index (χ1n) is 9.24. The molecule has 0 atom stereocenters. The molecule has 5 rings (SSSR count). The van der Waals surface area contributed by atoms with Crippen molar-refractivity contribution < 1.29 is 0 Å². The Morgan fingerprint density at radius 2 is 1.64 bits per heavy atom. The molecule has 0 radical (unpaired) electrons. The van der Waals surface area contributed by atoms with E-state index in [1.165, 1.54) is 21.8 Å². The fourth-order valence-electron chi connectivity index (χ4n) is 3.91. The van der Waals surface area contributed by atoms with Crippen LogP contribution in [0.5, 0.6) is 0 Å². The SMILES string of the molecule is CCn1c2ccccc2c2cc(-n3nnc(C#N)c3-c3ccccc3)ccc21. The van der Waals surface area contributed by atoms with Crippen LogP contribution >= 0.6 is 0 Å². The molecule has 134 valence electrons. The lowest BCUT2D eigenvalue weighted by Crippen LogP contribution is -2.00. The summed E-state index contributed by atoms with van der Waals surface area (Å²) in [7, 11) is 0. The highest BCUT2D eigenvalue weighted by atomic mass is 15.4. The molecule has 0 aliphatic heterocycles. The smallest absolute Gasteiger partial charge is 0.191 e. The van der Waals surface area contributed by atoms with Crippen molar-refractivity contribution in [1.29, 1.82) is 5.26 Å². The van der Waals surface area contributed by atoms with Gasteiger partial charge in [0.2, 0.25) is 0 Å². The third-order valence-corrected chi connectivity index (χ3v) is 5.14. The molecule has 2 heterocycles. The molecule has 0 aliphatic rings. The van der Waals surface area contributed by atoms with Crippen LogP contribution in [0.3, 0.4) is 0 Å². The van der Waals surface area contributed by atoms with E-state index in [2.05, 4.69) is 64.3 Å². The molecule has 0 N–H and O–H groups in total. The van der Waals surface area contributed by atoms with E-state index >= 15 is 0 Å². The summed E-state index contributed by atoms with van der Waals surface area (Å²) in [5.74, 6) is 0. The van der Waals surface area contributed by atoms with Gasteiger partial charge in [-0.15, -0.1) is 5.10 Å². The maximum atomic E-state index is 9.52. The largest absolute Gasteiger partial charge is 0.341 e. The minimum absolute atomic E-state index is 0.322. The summed E-state index contributed by atoms with van der Waals surface area (Å²) in [5, 5.41) is 20.3. The number of nitriles is 1. The number of nitrogens with zero attached hydrogens (tertiary/aromatic N) is 5. The van der Waals surface area contributed by atoms with Gasteiger partial charge in [0, 0.05) is 33.9 Å². The molecule has 0 spiro atoms. The Balaban J connectivity index is 1.79. The Bertz CT molecular complexity index is 1350. The van der Waals surface area contributed by atoms with Crippen molar-refractivity contribution in [3.63, 3.8) is 0 Å². The third-order valence-electron chi connectivity index (χ3n) is 5.14. The summed E-state index contributed by atoms with van der Waals surface area (Å²) in [5.41, 5.74) is 5.24. The van der Waals surface area contributed by atoms with Gasteiger partial charge in [-0.25, -0.2) is 4.68 Å². The summed E-state index contributed by atoms with van der Waals surface area (Å²) in [6.45, 7) is 3.06. The van der Waals surface area contributed by atoms with Gasteiger partial charge in [-0.2, -0.15) is 5.26 Å². The van der Waals surface area contributed by atoms with E-state index in [9.17, 15) is 5.26 Å². The maximum absolute atomic E-state index is 9.52. The molecule has 0 saturated heterocycles. The monoisotopic (exact) mass is 363 g/mol. The van der Waals surface area contributed by atoms with Crippen molar-refractivity contribution in [3.05, 3.63) is 78.5 Å². The molecule has 0 fully saturated rings. The van der Waals surface area contributed by atoms with Crippen LogP contribution < -0.4 is 0 Å². The minimum atomic E-state index is 0.322. The molecule has 0 aliphatic carbocycles. The highest BCUT2D eigenvalue weighted by Crippen LogP contribution is 2.32. The molecule has 28 heavy (non-hydrogen) atoms. The number of hydrogen-bond acceptors (Lipinski definition) is 3. The number of aromatic nitrogens is 4. The second-order valence-corrected chi connectivity index (χ2v) is 6.64. The molecule has 5 nitrogen and oxygen atoms in total. The van der Waals surface area contributed by atoms with Crippen LogP contribution in [0.4, 0.5) is 0 Å². The highest BCUT2D eigenvalue weighted by molar-refractivity contribution is 6.08. The quantitative estimate of drug-likeness (QED) is 0.456. The lowest BCUT2D eigenvalue weighted by Gasteiger charge is -2.08. The first kappa shape index (κ1) is 16.3. The molecule has 0 bridgehead atoms. The Labute approximate surface area is 162 Å². The van der Waals surface area contributed by atoms with Crippen LogP contribution in [0.15, 0.2) is 72.8 Å². The Hall–Kier alpha value is -3.91. The summed E-state index contributed by atoms with van der Waals surface area (Å²) in [6, 6.07) is 26.7. The zero-order valence-electron chi connectivity index (χ0n) is 15.4. The average Bonchev–Trinajstić information content (AvgIpc) is 3.33. The number of rotatable bonds is 3. The fraction of sp³-hybridized carbons (Fsp3) is 0.0870. The van der Waals surface area contributed by atoms with Gasteiger partial charge in [0.05, 0.1) is 5.69 Å². The molecule has 0 amide bonds. The van der Waals surface area contributed by atoms with Crippen LogP contribution in [0.25, 0.3) is 38.8 Å². The van der Waals surface area contributed by atoms with Crippen molar-refractivity contribution in [2.75, 3.05) is 0 Å². The van der Waals surface area contributed by atoms with Crippen molar-refractivity contribution >= 4 is 21.8 Å². The first-order valence-corrected chi connectivity index (χ1v) is 9.24. The molecule has 3 aromatic carbocycles. The maximum Gasteiger partial charge on any atom is 0.191 e. The predicted octanol–water partition coefficient (Wildman–Crippen LogP) is 4.93. The zero-order chi connectivity index (χ0) is 19.1. The van der Waals surface area contributed by atoms with Gasteiger partial charge in [-0.3, -0.25) is 0 Å². The fourth-order valence-corrected chi connectivity index (χ4v) is 3.91. The second-order valence-electron chi connectivity index (χ2n) is 6.64. The molecule has 0 unspecified atom stereocenters. The minimum Gasteiger partial charge on any atom is -0.341 e. The van der Waals surface area contributed by atoms with Crippen LogP contribution in [0.2, 0.25) is 0 Å². The number of para-hydroxylation sites is 1. The van der Waals surface area contributed by atoms with Gasteiger partial charge in [-0.05, 0) is 31.2 Å². The van der Waals surface area contributed by atoms with E-state index < -0.39 is 0 Å². The topological polar surface area (TPSA) is 59.4 Å². The Kier molecular flexibility index (Phi) is 3.70. The van der Waals surface area contributed by atoms with Crippen LogP contribution in [-0.2, 0) is 6.54 Å². The molecular formula is C23H17N5. The van der Waals surface area contributed by atoms with E-state index in [0.29, 0.717) is 11.4 Å². The van der Waals surface area contributed by atoms with Crippen molar-refractivity contribution in [2.24, 2.45) is 0 Å². The van der Waals surface area contributed by atoms with Gasteiger partial charge >= 0.3 is 0 Å². The number of aryl methyl sites for hydroxylation is 1. The predicted molar refractivity (Wildman–Crippen MR) is 110 cm³/mol. The van der Waals surface area contributed by atoms with Crippen molar-refractivity contribution in [1.82, 2.24) is 19.6 Å². The third kappa shape index (κ3) is 2.32. The standard InChI is InChI=1S/C23H17N5/c1-2-27-21-11-7-6-10-18(21)19-14-17(12-13-22(19)27)28-23(20(15-24)25-26-28)16-8-4-3-5-9-16/h3-14H,2H2,1H3. The number of hydrogen-bond donors (Lipinski definition) is 0. The zero-order valence-corrected chi connectivity index (χ0v) is 15.4. The Morgan fingerprint density at radius 3 is 2.43 bits per heavy atom. The highest BCUT2D eigenvalue weighted by Gasteiger charge is 2.17. The summed E-state index contributed by atoms with van der Waals surface area (Å²) < 4.78 is 4.07. The molecule has 0 saturated carbocycles. The van der Waals surface area contributed by atoms with E-state index in [4.69, 9.17) is 0 Å². The number of benzene rings is 3. The molecular weight excluding hydrogens is 346 g/mol. The van der Waals surface area contributed by atoms with Crippen molar-refractivity contribution in [3.8, 4) is 23.0 Å². The van der Waals surface area contributed by atoms with Crippen LogP contribution in [-0.4, -0.2) is 19.6 Å². The molecule has 2 aromatic heterocycles. The lowest BCUT2D eigenvalue weighted by molar-refractivity contribution is 0.806. The Morgan fingerprint density at radius 1 is 0.893 bits per heavy atom. The van der Waals surface area contributed by atoms with E-state index in [1.807, 2.05) is 36.4 Å². The average molecular weight is 363 g/mol. The normalized spacial score (nSPS) is 11.1. The summed E-state index contributed by atoms with van der Waals surface area (Å²) >= 11 is 0. The van der Waals surface area contributed by atoms with Gasteiger partial charge in [0.25, 0.3) is 0 Å². The van der Waals surface area contributed by atoms with Gasteiger partial charge in [-0.1, -0.05) is 53.7 Å².